The molecule has 224 valence electrons. The van der Waals surface area contributed by atoms with Gasteiger partial charge in [-0.2, -0.15) is 0 Å². The van der Waals surface area contributed by atoms with Crippen molar-refractivity contribution in [3.8, 4) is 0 Å². The van der Waals surface area contributed by atoms with Crippen LogP contribution >= 0.6 is 35.1 Å². The summed E-state index contributed by atoms with van der Waals surface area (Å²) in [5.41, 5.74) is 9.18. The zero-order valence-corrected chi connectivity index (χ0v) is 26.8. The molecule has 2 aromatic heterocycles. The third-order valence-corrected chi connectivity index (χ3v) is 10.8. The summed E-state index contributed by atoms with van der Waals surface area (Å²) in [6.45, 7) is 5.22. The van der Waals surface area contributed by atoms with Gasteiger partial charge in [0.05, 0.1) is 38.5 Å². The predicted octanol–water partition coefficient (Wildman–Crippen LogP) is 6.36. The van der Waals surface area contributed by atoms with Crippen LogP contribution in [0.5, 0.6) is 0 Å². The van der Waals surface area contributed by atoms with E-state index < -0.39 is 15.8 Å². The van der Waals surface area contributed by atoms with E-state index in [0.717, 1.165) is 29.8 Å². The van der Waals surface area contributed by atoms with Gasteiger partial charge in [-0.1, -0.05) is 18.2 Å². The van der Waals surface area contributed by atoms with Gasteiger partial charge in [0.15, 0.2) is 10.3 Å². The number of thiazole rings is 2. The molecule has 0 spiro atoms. The Morgan fingerprint density at radius 3 is 2.33 bits per heavy atom. The lowest BCUT2D eigenvalue weighted by atomic mass is 9.84. The number of amides is 1. The summed E-state index contributed by atoms with van der Waals surface area (Å²) in [6.07, 6.45) is 2.49. The van der Waals surface area contributed by atoms with Crippen LogP contribution in [0.2, 0.25) is 0 Å². The number of aromatic nitrogens is 2. The standard InChI is InChI=1S/C25H27N3O4S2.C4H6N2S.ClH/c1-16-15-33-25(26-16)27-24(29)19(13-17-9-11-32-12-10-17)18-7-8-23-21(14-18)28(2)20-5-3-4-6-22(20)34(23,30)31;1-3-2-7-4(5)6-3;/h3-8,14-15,17,19H,9-13H2,1-2H3,(H,26,27,29);2H,1H3,(H2,5,6);1H. The Hall–Kier alpha value is -3.03. The predicted molar refractivity (Wildman–Crippen MR) is 171 cm³/mol. The minimum atomic E-state index is -3.64. The maximum atomic E-state index is 13.5. The molecule has 3 N–H and O–H groups in total. The highest BCUT2D eigenvalue weighted by molar-refractivity contribution is 7.92. The van der Waals surface area contributed by atoms with Gasteiger partial charge < -0.3 is 20.7 Å². The number of carbonyl (C=O) groups is 1. The number of ether oxygens (including phenoxy) is 1. The molecule has 2 aliphatic heterocycles. The van der Waals surface area contributed by atoms with Crippen molar-refractivity contribution in [2.75, 3.05) is 36.2 Å². The summed E-state index contributed by atoms with van der Waals surface area (Å²) in [5, 5.41) is 8.03. The van der Waals surface area contributed by atoms with E-state index in [0.29, 0.717) is 52.1 Å². The van der Waals surface area contributed by atoms with Gasteiger partial charge in [0.1, 0.15) is 0 Å². The molecule has 0 radical (unpaired) electrons. The van der Waals surface area contributed by atoms with Crippen LogP contribution in [0.25, 0.3) is 0 Å². The summed E-state index contributed by atoms with van der Waals surface area (Å²) >= 11 is 2.87. The molecule has 9 nitrogen and oxygen atoms in total. The Labute approximate surface area is 260 Å². The Bertz CT molecular complexity index is 1630. The molecule has 0 aliphatic carbocycles. The number of hydrogen-bond acceptors (Lipinski definition) is 10. The van der Waals surface area contributed by atoms with Crippen molar-refractivity contribution in [1.29, 1.82) is 0 Å². The topological polar surface area (TPSA) is 128 Å². The van der Waals surface area contributed by atoms with E-state index in [4.69, 9.17) is 10.5 Å². The number of benzene rings is 2. The molecule has 1 unspecified atom stereocenters. The largest absolute Gasteiger partial charge is 0.381 e. The Morgan fingerprint density at radius 2 is 1.71 bits per heavy atom. The van der Waals surface area contributed by atoms with E-state index >= 15 is 0 Å². The molecule has 6 rings (SSSR count). The molecule has 2 aromatic carbocycles. The SMILES string of the molecule is Cc1csc(N)n1.Cc1csc(NC(=O)C(CC2CCOCC2)c2ccc3c(c2)N(C)c2ccccc2S3(=O)=O)n1.Cl. The number of nitrogens with one attached hydrogen (secondary N) is 1. The normalized spacial score (nSPS) is 16.2. The summed E-state index contributed by atoms with van der Waals surface area (Å²) < 4.78 is 32.1. The minimum Gasteiger partial charge on any atom is -0.381 e. The summed E-state index contributed by atoms with van der Waals surface area (Å²) in [6, 6.07) is 12.3. The molecule has 0 bridgehead atoms. The highest BCUT2D eigenvalue weighted by atomic mass is 35.5. The van der Waals surface area contributed by atoms with Crippen LogP contribution in [0.1, 0.15) is 42.1 Å². The van der Waals surface area contributed by atoms with Gasteiger partial charge in [-0.05, 0) is 68.9 Å². The van der Waals surface area contributed by atoms with E-state index in [-0.39, 0.29) is 23.2 Å². The number of nitrogen functional groups attached to an aromatic ring is 1. The third-order valence-electron chi connectivity index (χ3n) is 7.26. The highest BCUT2D eigenvalue weighted by Crippen LogP contribution is 2.44. The number of carbonyl (C=O) groups excluding carboxylic acids is 1. The lowest BCUT2D eigenvalue weighted by molar-refractivity contribution is -0.118. The fraction of sp³-hybridized carbons (Fsp3) is 0.345. The van der Waals surface area contributed by atoms with Crippen LogP contribution in [-0.2, 0) is 19.4 Å². The number of rotatable bonds is 5. The number of nitrogens with zero attached hydrogens (tertiary/aromatic N) is 3. The first-order valence-electron chi connectivity index (χ1n) is 13.3. The van der Waals surface area contributed by atoms with Crippen LogP contribution in [0.4, 0.5) is 21.6 Å². The minimum absolute atomic E-state index is 0. The monoisotopic (exact) mass is 647 g/mol. The van der Waals surface area contributed by atoms with Crippen molar-refractivity contribution in [3.05, 3.63) is 70.2 Å². The van der Waals surface area contributed by atoms with Gasteiger partial charge in [0, 0.05) is 31.0 Å². The fourth-order valence-corrected chi connectivity index (χ4v) is 8.06. The maximum Gasteiger partial charge on any atom is 0.233 e. The first-order valence-corrected chi connectivity index (χ1v) is 16.6. The zero-order valence-electron chi connectivity index (χ0n) is 23.6. The first kappa shape index (κ1) is 31.9. The van der Waals surface area contributed by atoms with Gasteiger partial charge in [-0.3, -0.25) is 4.79 Å². The molecule has 1 atom stereocenters. The number of sulfone groups is 1. The number of fused-ring (bicyclic) bond motifs is 2. The molecule has 42 heavy (non-hydrogen) atoms. The molecule has 13 heteroatoms. The number of aryl methyl sites for hydroxylation is 2. The molecule has 1 amide bonds. The van der Waals surface area contributed by atoms with Crippen molar-refractivity contribution >= 4 is 72.5 Å². The molecule has 4 aromatic rings. The van der Waals surface area contributed by atoms with Gasteiger partial charge >= 0.3 is 0 Å². The third kappa shape index (κ3) is 6.95. The van der Waals surface area contributed by atoms with Crippen molar-refractivity contribution in [3.63, 3.8) is 0 Å². The quantitative estimate of drug-likeness (QED) is 0.256. The average Bonchev–Trinajstić information content (AvgIpc) is 3.56. The van der Waals surface area contributed by atoms with Crippen LogP contribution in [0, 0.1) is 19.8 Å². The highest BCUT2D eigenvalue weighted by Gasteiger charge is 2.34. The van der Waals surface area contributed by atoms with Gasteiger partial charge in [-0.25, -0.2) is 18.4 Å². The maximum absolute atomic E-state index is 13.5. The van der Waals surface area contributed by atoms with Crippen molar-refractivity contribution in [2.24, 2.45) is 5.92 Å². The lowest BCUT2D eigenvalue weighted by Gasteiger charge is -2.31. The summed E-state index contributed by atoms with van der Waals surface area (Å²) in [7, 11) is -1.77. The molecule has 0 saturated carbocycles. The number of hydrogen-bond donors (Lipinski definition) is 2. The van der Waals surface area contributed by atoms with Crippen LogP contribution in [0.15, 0.2) is 63.0 Å². The van der Waals surface area contributed by atoms with E-state index in [1.165, 1.54) is 22.7 Å². The molecule has 1 fully saturated rings. The Morgan fingerprint density at radius 1 is 1.05 bits per heavy atom. The zero-order chi connectivity index (χ0) is 29.1. The van der Waals surface area contributed by atoms with Gasteiger partial charge in [-0.15, -0.1) is 35.1 Å². The summed E-state index contributed by atoms with van der Waals surface area (Å²) in [4.78, 5) is 24.2. The van der Waals surface area contributed by atoms with Crippen LogP contribution < -0.4 is 16.0 Å². The molecular formula is C29H34ClN5O4S3. The second-order valence-corrected chi connectivity index (χ2v) is 13.8. The van der Waals surface area contributed by atoms with Crippen LogP contribution in [-0.4, -0.2) is 44.6 Å². The first-order chi connectivity index (χ1) is 19.6. The smallest absolute Gasteiger partial charge is 0.233 e. The average molecular weight is 648 g/mol. The number of halogens is 1. The van der Waals surface area contributed by atoms with E-state index in [9.17, 15) is 13.2 Å². The van der Waals surface area contributed by atoms with E-state index in [1.54, 1.807) is 30.3 Å². The summed E-state index contributed by atoms with van der Waals surface area (Å²) in [5.74, 6) is -0.186. The second-order valence-electron chi connectivity index (χ2n) is 10.2. The molecule has 4 heterocycles. The van der Waals surface area contributed by atoms with Gasteiger partial charge in [0.2, 0.25) is 15.7 Å². The number of para-hydroxylation sites is 1. The van der Waals surface area contributed by atoms with E-state index in [2.05, 4.69) is 15.3 Å². The molecule has 1 saturated heterocycles. The van der Waals surface area contributed by atoms with Crippen molar-refractivity contribution in [1.82, 2.24) is 9.97 Å². The van der Waals surface area contributed by atoms with Gasteiger partial charge in [0.25, 0.3) is 0 Å². The molecular weight excluding hydrogens is 614 g/mol. The van der Waals surface area contributed by atoms with E-state index in [1.807, 2.05) is 48.7 Å². The second kappa shape index (κ2) is 13.5. The lowest BCUT2D eigenvalue weighted by Crippen LogP contribution is -2.27. The Kier molecular flexibility index (Phi) is 10.3. The van der Waals surface area contributed by atoms with Crippen LogP contribution in [0.3, 0.4) is 0 Å². The Balaban J connectivity index is 0.000000445. The number of nitrogens with two attached hydrogens (primary N) is 1. The van der Waals surface area contributed by atoms with Crippen molar-refractivity contribution < 1.29 is 17.9 Å². The molecule has 2 aliphatic rings. The van der Waals surface area contributed by atoms with Crippen molar-refractivity contribution in [2.45, 2.75) is 48.8 Å². The fourth-order valence-electron chi connectivity index (χ4n) is 5.14. The number of anilines is 4.